The summed E-state index contributed by atoms with van der Waals surface area (Å²) in [6.07, 6.45) is 0.573. The first-order valence-corrected chi connectivity index (χ1v) is 7.91. The molecule has 3 amide bonds. The Labute approximate surface area is 139 Å². The Bertz CT molecular complexity index is 791. The number of carbonyl (C=O) groups is 2. The molecule has 0 spiro atoms. The van der Waals surface area contributed by atoms with Crippen LogP contribution in [-0.2, 0) is 17.8 Å². The maximum atomic E-state index is 12.8. The molecule has 0 saturated carbocycles. The summed E-state index contributed by atoms with van der Waals surface area (Å²) in [7, 11) is 0. The minimum atomic E-state index is -0.410. The van der Waals surface area contributed by atoms with Gasteiger partial charge in [0.2, 0.25) is 0 Å². The van der Waals surface area contributed by atoms with Crippen molar-refractivity contribution in [3.05, 3.63) is 64.2 Å². The number of hydrogen-bond acceptors (Lipinski definition) is 2. The average Bonchev–Trinajstić information content (AvgIpc) is 2.77. The highest BCUT2D eigenvalue weighted by atomic mass is 35.5. The van der Waals surface area contributed by atoms with E-state index in [0.717, 1.165) is 16.7 Å². The maximum Gasteiger partial charge on any atom is 0.332 e. The van der Waals surface area contributed by atoms with Crippen LogP contribution in [-0.4, -0.2) is 22.9 Å². The first-order chi connectivity index (χ1) is 11.1. The molecule has 23 heavy (non-hydrogen) atoms. The first kappa shape index (κ1) is 14.3. The van der Waals surface area contributed by atoms with Gasteiger partial charge in [-0.3, -0.25) is 4.79 Å². The Morgan fingerprint density at radius 3 is 2.57 bits per heavy atom. The van der Waals surface area contributed by atoms with Gasteiger partial charge in [0.1, 0.15) is 6.04 Å². The van der Waals surface area contributed by atoms with Crippen molar-refractivity contribution in [2.75, 3.05) is 4.90 Å². The summed E-state index contributed by atoms with van der Waals surface area (Å²) in [4.78, 5) is 28.6. The molecule has 2 heterocycles. The van der Waals surface area contributed by atoms with Crippen LogP contribution in [0.3, 0.4) is 0 Å². The number of imide groups is 1. The summed E-state index contributed by atoms with van der Waals surface area (Å²) in [5, 5.41) is 0.593. The third-order valence-electron chi connectivity index (χ3n) is 4.59. The van der Waals surface area contributed by atoms with Crippen LogP contribution in [0, 0.1) is 6.92 Å². The lowest BCUT2D eigenvalue weighted by atomic mass is 9.95. The van der Waals surface area contributed by atoms with Gasteiger partial charge in [0, 0.05) is 18.0 Å². The molecular weight excluding hydrogens is 312 g/mol. The van der Waals surface area contributed by atoms with Crippen LogP contribution in [0.2, 0.25) is 5.02 Å². The molecule has 0 bridgehead atoms. The smallest absolute Gasteiger partial charge is 0.307 e. The van der Waals surface area contributed by atoms with Crippen LogP contribution >= 0.6 is 11.6 Å². The van der Waals surface area contributed by atoms with Crippen LogP contribution in [0.1, 0.15) is 16.7 Å². The van der Waals surface area contributed by atoms with Gasteiger partial charge in [-0.05, 0) is 41.8 Å². The van der Waals surface area contributed by atoms with Crippen molar-refractivity contribution in [1.29, 1.82) is 0 Å². The fourth-order valence-corrected chi connectivity index (χ4v) is 3.63. The first-order valence-electron chi connectivity index (χ1n) is 7.54. The molecule has 0 N–H and O–H groups in total. The lowest BCUT2D eigenvalue weighted by Crippen LogP contribution is -2.39. The largest absolute Gasteiger partial charge is 0.332 e. The Kier molecular flexibility index (Phi) is 3.16. The van der Waals surface area contributed by atoms with E-state index in [1.165, 1.54) is 4.90 Å². The monoisotopic (exact) mass is 326 g/mol. The summed E-state index contributed by atoms with van der Waals surface area (Å²) in [5.74, 6) is -0.157. The molecule has 1 unspecified atom stereocenters. The zero-order valence-electron chi connectivity index (χ0n) is 12.6. The van der Waals surface area contributed by atoms with E-state index in [-0.39, 0.29) is 11.9 Å². The van der Waals surface area contributed by atoms with Crippen LogP contribution in [0.15, 0.2) is 42.5 Å². The Morgan fingerprint density at radius 2 is 1.83 bits per heavy atom. The van der Waals surface area contributed by atoms with E-state index >= 15 is 0 Å². The van der Waals surface area contributed by atoms with Gasteiger partial charge < -0.3 is 4.90 Å². The standard InChI is InChI=1S/C18H15ClN2O2/c1-11-8-14(19)6-7-15(11)21-17(22)16-9-12-4-2-3-5-13(12)10-20(16)18(21)23/h2-8,16H,9-10H2,1H3. The Morgan fingerprint density at radius 1 is 1.09 bits per heavy atom. The van der Waals surface area contributed by atoms with Crippen molar-refractivity contribution >= 4 is 29.2 Å². The fourth-order valence-electron chi connectivity index (χ4n) is 3.41. The predicted octanol–water partition coefficient (Wildman–Crippen LogP) is 3.54. The molecule has 2 aromatic rings. The van der Waals surface area contributed by atoms with Crippen LogP contribution < -0.4 is 4.90 Å². The quantitative estimate of drug-likeness (QED) is 0.752. The normalized spacial score (nSPS) is 19.8. The molecular formula is C18H15ClN2O2. The van der Waals surface area contributed by atoms with E-state index < -0.39 is 6.04 Å². The highest BCUT2D eigenvalue weighted by Crippen LogP contribution is 2.34. The number of aryl methyl sites for hydroxylation is 1. The zero-order chi connectivity index (χ0) is 16.1. The van der Waals surface area contributed by atoms with Crippen LogP contribution in [0.4, 0.5) is 10.5 Å². The average molecular weight is 327 g/mol. The van der Waals surface area contributed by atoms with Gasteiger partial charge in [-0.15, -0.1) is 0 Å². The SMILES string of the molecule is Cc1cc(Cl)ccc1N1C(=O)C2Cc3ccccc3CN2C1=O. The van der Waals surface area contributed by atoms with Crippen molar-refractivity contribution < 1.29 is 9.59 Å². The van der Waals surface area contributed by atoms with E-state index in [2.05, 4.69) is 0 Å². The number of benzene rings is 2. The number of fused-ring (bicyclic) bond motifs is 2. The molecule has 1 fully saturated rings. The van der Waals surface area contributed by atoms with Crippen molar-refractivity contribution in [2.45, 2.75) is 25.9 Å². The topological polar surface area (TPSA) is 40.6 Å². The summed E-state index contributed by atoms with van der Waals surface area (Å²) in [6, 6.07) is 12.5. The van der Waals surface area contributed by atoms with Gasteiger partial charge in [-0.25, -0.2) is 9.69 Å². The van der Waals surface area contributed by atoms with Gasteiger partial charge in [0.15, 0.2) is 0 Å². The summed E-state index contributed by atoms with van der Waals surface area (Å²) in [6.45, 7) is 2.34. The molecule has 0 aromatic heterocycles. The molecule has 2 aliphatic rings. The van der Waals surface area contributed by atoms with Crippen molar-refractivity contribution in [3.63, 3.8) is 0 Å². The number of urea groups is 1. The third kappa shape index (κ3) is 2.13. The third-order valence-corrected chi connectivity index (χ3v) is 4.83. The van der Waals surface area contributed by atoms with Gasteiger partial charge in [0.25, 0.3) is 5.91 Å². The minimum Gasteiger partial charge on any atom is -0.307 e. The predicted molar refractivity (Wildman–Crippen MR) is 88.5 cm³/mol. The Balaban J connectivity index is 1.74. The van der Waals surface area contributed by atoms with Gasteiger partial charge >= 0.3 is 6.03 Å². The van der Waals surface area contributed by atoms with Crippen molar-refractivity contribution in [1.82, 2.24) is 4.90 Å². The van der Waals surface area contributed by atoms with Gasteiger partial charge in [-0.1, -0.05) is 35.9 Å². The van der Waals surface area contributed by atoms with Crippen LogP contribution in [0.25, 0.3) is 0 Å². The molecule has 1 saturated heterocycles. The van der Waals surface area contributed by atoms with Crippen molar-refractivity contribution in [3.8, 4) is 0 Å². The molecule has 0 radical (unpaired) electrons. The molecule has 4 nitrogen and oxygen atoms in total. The van der Waals surface area contributed by atoms with Crippen molar-refractivity contribution in [2.24, 2.45) is 0 Å². The lowest BCUT2D eigenvalue weighted by molar-refractivity contribution is -0.120. The number of hydrogen-bond donors (Lipinski definition) is 0. The van der Waals surface area contributed by atoms with Crippen LogP contribution in [0.5, 0.6) is 0 Å². The number of rotatable bonds is 1. The number of anilines is 1. The van der Waals surface area contributed by atoms with E-state index in [1.54, 1.807) is 23.1 Å². The maximum absolute atomic E-state index is 12.8. The highest BCUT2D eigenvalue weighted by Gasteiger charge is 2.48. The van der Waals surface area contributed by atoms with Gasteiger partial charge in [0.05, 0.1) is 5.69 Å². The van der Waals surface area contributed by atoms with E-state index in [4.69, 9.17) is 11.6 Å². The molecule has 1 atom stereocenters. The molecule has 4 rings (SSSR count). The second kappa shape index (κ2) is 5.10. The number of nitrogens with zero attached hydrogens (tertiary/aromatic N) is 2. The van der Waals surface area contributed by atoms with E-state index in [0.29, 0.717) is 23.7 Å². The molecule has 116 valence electrons. The Hall–Kier alpha value is -2.33. The second-order valence-corrected chi connectivity index (χ2v) is 6.44. The number of carbonyl (C=O) groups excluding carboxylic acids is 2. The summed E-state index contributed by atoms with van der Waals surface area (Å²) >= 11 is 5.98. The summed E-state index contributed by atoms with van der Waals surface area (Å²) < 4.78 is 0. The molecule has 2 aromatic carbocycles. The van der Waals surface area contributed by atoms with E-state index in [1.807, 2.05) is 31.2 Å². The molecule has 2 aliphatic heterocycles. The molecule has 5 heteroatoms. The van der Waals surface area contributed by atoms with Gasteiger partial charge in [-0.2, -0.15) is 0 Å². The lowest BCUT2D eigenvalue weighted by Gasteiger charge is -2.28. The number of halogens is 1. The second-order valence-electron chi connectivity index (χ2n) is 6.00. The highest BCUT2D eigenvalue weighted by molar-refractivity contribution is 6.31. The summed E-state index contributed by atoms with van der Waals surface area (Å²) in [5.41, 5.74) is 3.68. The van der Waals surface area contributed by atoms with E-state index in [9.17, 15) is 9.59 Å². The zero-order valence-corrected chi connectivity index (χ0v) is 13.4. The molecule has 0 aliphatic carbocycles. The fraction of sp³-hybridized carbons (Fsp3) is 0.222. The number of amides is 3. The minimum absolute atomic E-state index is 0.157.